The lowest BCUT2D eigenvalue weighted by molar-refractivity contribution is -0.385. The number of anilines is 1. The molecule has 0 bridgehead atoms. The van der Waals surface area contributed by atoms with Crippen molar-refractivity contribution in [3.05, 3.63) is 63.7 Å². The standard InChI is InChI=1S/C22H28N4O5S/c1-4-18-6-8-19(9-7-18)23-22(27)17(3)24-11-13-25(14-12-24)32(30,31)21-15-20(26(28)29)10-5-16(21)2/h5-10,15,17H,4,11-14H2,1-3H3,(H,23,27). The molecule has 10 heteroatoms. The molecule has 0 spiro atoms. The normalized spacial score (nSPS) is 16.5. The summed E-state index contributed by atoms with van der Waals surface area (Å²) in [4.78, 5) is 25.0. The first-order valence-electron chi connectivity index (χ1n) is 10.5. The highest BCUT2D eigenvalue weighted by Gasteiger charge is 2.33. The molecule has 9 nitrogen and oxygen atoms in total. The number of sulfonamides is 1. The van der Waals surface area contributed by atoms with Crippen molar-refractivity contribution < 1.29 is 18.1 Å². The van der Waals surface area contributed by atoms with E-state index in [9.17, 15) is 23.3 Å². The number of nitrogens with zero attached hydrogens (tertiary/aromatic N) is 3. The third-order valence-electron chi connectivity index (χ3n) is 5.83. The molecule has 3 rings (SSSR count). The molecule has 0 aromatic heterocycles. The average molecular weight is 461 g/mol. The van der Waals surface area contributed by atoms with E-state index in [4.69, 9.17) is 0 Å². The molecule has 0 saturated carbocycles. The maximum Gasteiger partial charge on any atom is 0.270 e. The van der Waals surface area contributed by atoms with Gasteiger partial charge in [0.25, 0.3) is 5.69 Å². The van der Waals surface area contributed by atoms with Crippen LogP contribution in [-0.2, 0) is 21.2 Å². The number of rotatable bonds is 7. The number of nitro groups is 1. The van der Waals surface area contributed by atoms with E-state index in [0.29, 0.717) is 18.7 Å². The Hall–Kier alpha value is -2.82. The van der Waals surface area contributed by atoms with Crippen LogP contribution in [-0.4, -0.2) is 60.7 Å². The van der Waals surface area contributed by atoms with E-state index in [1.807, 2.05) is 29.2 Å². The van der Waals surface area contributed by atoms with Gasteiger partial charge in [0.2, 0.25) is 15.9 Å². The number of hydrogen-bond donors (Lipinski definition) is 1. The fourth-order valence-corrected chi connectivity index (χ4v) is 5.35. The topological polar surface area (TPSA) is 113 Å². The van der Waals surface area contributed by atoms with E-state index in [1.165, 1.54) is 22.0 Å². The molecule has 1 fully saturated rings. The summed E-state index contributed by atoms with van der Waals surface area (Å²) < 4.78 is 27.5. The molecule has 1 heterocycles. The minimum atomic E-state index is -3.87. The fourth-order valence-electron chi connectivity index (χ4n) is 3.69. The number of amides is 1. The van der Waals surface area contributed by atoms with Gasteiger partial charge in [-0.15, -0.1) is 0 Å². The Morgan fingerprint density at radius 1 is 1.12 bits per heavy atom. The number of aryl methyl sites for hydroxylation is 2. The fraction of sp³-hybridized carbons (Fsp3) is 0.409. The minimum Gasteiger partial charge on any atom is -0.325 e. The van der Waals surface area contributed by atoms with E-state index >= 15 is 0 Å². The first-order valence-corrected chi connectivity index (χ1v) is 12.0. The van der Waals surface area contributed by atoms with Gasteiger partial charge in [-0.3, -0.25) is 19.8 Å². The van der Waals surface area contributed by atoms with Gasteiger partial charge in [0.05, 0.1) is 15.9 Å². The van der Waals surface area contributed by atoms with Gasteiger partial charge in [0.15, 0.2) is 0 Å². The van der Waals surface area contributed by atoms with Crippen LogP contribution in [0.15, 0.2) is 47.4 Å². The molecule has 1 aliphatic rings. The Balaban J connectivity index is 1.64. The summed E-state index contributed by atoms with van der Waals surface area (Å²) in [6.07, 6.45) is 0.924. The summed E-state index contributed by atoms with van der Waals surface area (Å²) in [5.74, 6) is -0.153. The molecule has 2 aromatic rings. The zero-order chi connectivity index (χ0) is 23.5. The second-order valence-electron chi connectivity index (χ2n) is 7.86. The van der Waals surface area contributed by atoms with Crippen molar-refractivity contribution in [1.29, 1.82) is 0 Å². The van der Waals surface area contributed by atoms with Crippen LogP contribution in [0.2, 0.25) is 0 Å². The Labute approximate surface area is 188 Å². The second-order valence-corrected chi connectivity index (χ2v) is 9.77. The van der Waals surface area contributed by atoms with Gasteiger partial charge < -0.3 is 5.32 Å². The minimum absolute atomic E-state index is 0.0542. The molecule has 2 aromatic carbocycles. The molecular formula is C22H28N4O5S. The Morgan fingerprint density at radius 3 is 2.31 bits per heavy atom. The number of non-ortho nitro benzene ring substituents is 1. The van der Waals surface area contributed by atoms with Crippen molar-refractivity contribution in [1.82, 2.24) is 9.21 Å². The van der Waals surface area contributed by atoms with Crippen LogP contribution in [0, 0.1) is 17.0 Å². The van der Waals surface area contributed by atoms with Gasteiger partial charge in [-0.1, -0.05) is 25.1 Å². The van der Waals surface area contributed by atoms with Crippen molar-refractivity contribution in [2.45, 2.75) is 38.1 Å². The Bertz CT molecular complexity index is 1090. The van der Waals surface area contributed by atoms with Crippen LogP contribution in [0.4, 0.5) is 11.4 Å². The van der Waals surface area contributed by atoms with E-state index in [1.54, 1.807) is 13.8 Å². The monoisotopic (exact) mass is 460 g/mol. The summed E-state index contributed by atoms with van der Waals surface area (Å²) >= 11 is 0. The number of piperazine rings is 1. The first-order chi connectivity index (χ1) is 15.1. The zero-order valence-electron chi connectivity index (χ0n) is 18.4. The third kappa shape index (κ3) is 5.14. The van der Waals surface area contributed by atoms with E-state index in [0.717, 1.165) is 18.2 Å². The van der Waals surface area contributed by atoms with E-state index in [2.05, 4.69) is 12.2 Å². The van der Waals surface area contributed by atoms with Gasteiger partial charge in [0.1, 0.15) is 0 Å². The smallest absolute Gasteiger partial charge is 0.270 e. The Kier molecular flexibility index (Phi) is 7.27. The zero-order valence-corrected chi connectivity index (χ0v) is 19.3. The highest BCUT2D eigenvalue weighted by molar-refractivity contribution is 7.89. The van der Waals surface area contributed by atoms with Crippen molar-refractivity contribution >= 4 is 27.3 Å². The lowest BCUT2D eigenvalue weighted by atomic mass is 10.1. The molecule has 1 atom stereocenters. The average Bonchev–Trinajstić information content (AvgIpc) is 2.79. The number of hydrogen-bond acceptors (Lipinski definition) is 6. The molecule has 0 aliphatic carbocycles. The van der Waals surface area contributed by atoms with Crippen LogP contribution >= 0.6 is 0 Å². The molecule has 1 amide bonds. The molecule has 1 N–H and O–H groups in total. The van der Waals surface area contributed by atoms with Crippen LogP contribution in [0.3, 0.4) is 0 Å². The van der Waals surface area contributed by atoms with Gasteiger partial charge in [0, 0.05) is 44.0 Å². The van der Waals surface area contributed by atoms with Gasteiger partial charge >= 0.3 is 0 Å². The number of nitro benzene ring substituents is 1. The quantitative estimate of drug-likeness (QED) is 0.502. The van der Waals surface area contributed by atoms with Gasteiger partial charge in [-0.05, 0) is 43.5 Å². The predicted octanol–water partition coefficient (Wildman–Crippen LogP) is 2.80. The summed E-state index contributed by atoms with van der Waals surface area (Å²) in [5, 5.41) is 14.0. The SMILES string of the molecule is CCc1ccc(NC(=O)C(C)N2CCN(S(=O)(=O)c3cc([N+](=O)[O-])ccc3C)CC2)cc1. The molecule has 1 unspecified atom stereocenters. The van der Waals surface area contributed by atoms with Crippen LogP contribution < -0.4 is 5.32 Å². The van der Waals surface area contributed by atoms with E-state index < -0.39 is 21.0 Å². The summed E-state index contributed by atoms with van der Waals surface area (Å²) in [6, 6.07) is 11.1. The van der Waals surface area contributed by atoms with E-state index in [-0.39, 0.29) is 29.6 Å². The largest absolute Gasteiger partial charge is 0.325 e. The number of benzene rings is 2. The Morgan fingerprint density at radius 2 is 1.75 bits per heavy atom. The highest BCUT2D eigenvalue weighted by Crippen LogP contribution is 2.26. The molecule has 1 saturated heterocycles. The summed E-state index contributed by atoms with van der Waals surface area (Å²) in [5.41, 5.74) is 2.11. The van der Waals surface area contributed by atoms with Crippen LogP contribution in [0.25, 0.3) is 0 Å². The lowest BCUT2D eigenvalue weighted by Gasteiger charge is -2.36. The van der Waals surface area contributed by atoms with Crippen LogP contribution in [0.1, 0.15) is 25.0 Å². The molecule has 1 aliphatic heterocycles. The first kappa shape index (κ1) is 23.8. The predicted molar refractivity (Wildman–Crippen MR) is 122 cm³/mol. The van der Waals surface area contributed by atoms with Crippen molar-refractivity contribution in [3.8, 4) is 0 Å². The molecule has 32 heavy (non-hydrogen) atoms. The van der Waals surface area contributed by atoms with Crippen molar-refractivity contribution in [3.63, 3.8) is 0 Å². The van der Waals surface area contributed by atoms with Gasteiger partial charge in [-0.2, -0.15) is 4.31 Å². The highest BCUT2D eigenvalue weighted by atomic mass is 32.2. The summed E-state index contributed by atoms with van der Waals surface area (Å²) in [6.45, 7) is 6.65. The van der Waals surface area contributed by atoms with Gasteiger partial charge in [-0.25, -0.2) is 8.42 Å². The molecular weight excluding hydrogens is 432 g/mol. The maximum absolute atomic E-state index is 13.1. The third-order valence-corrected chi connectivity index (χ3v) is 7.87. The maximum atomic E-state index is 13.1. The van der Waals surface area contributed by atoms with Crippen molar-refractivity contribution in [2.24, 2.45) is 0 Å². The number of carbonyl (C=O) groups excluding carboxylic acids is 1. The van der Waals surface area contributed by atoms with Crippen molar-refractivity contribution in [2.75, 3.05) is 31.5 Å². The van der Waals surface area contributed by atoms with Crippen LogP contribution in [0.5, 0.6) is 0 Å². The molecule has 172 valence electrons. The second kappa shape index (κ2) is 9.76. The number of carbonyl (C=O) groups is 1. The lowest BCUT2D eigenvalue weighted by Crippen LogP contribution is -2.54. The summed E-state index contributed by atoms with van der Waals surface area (Å²) in [7, 11) is -3.87. The molecule has 0 radical (unpaired) electrons. The number of nitrogens with one attached hydrogen (secondary N) is 1.